The second-order valence-corrected chi connectivity index (χ2v) is 10.3. The van der Waals surface area contributed by atoms with Crippen LogP contribution in [0.15, 0.2) is 53.6 Å². The molecule has 2 aliphatic heterocycles. The van der Waals surface area contributed by atoms with Crippen LogP contribution in [0.1, 0.15) is 59.4 Å². The summed E-state index contributed by atoms with van der Waals surface area (Å²) < 4.78 is 1.85. The highest BCUT2D eigenvalue weighted by Crippen LogP contribution is 2.14. The second-order valence-electron chi connectivity index (χ2n) is 10.3. The average molecular weight is 491 g/mol. The number of aromatic nitrogens is 1. The van der Waals surface area contributed by atoms with Gasteiger partial charge in [-0.2, -0.15) is 0 Å². The van der Waals surface area contributed by atoms with Crippen molar-refractivity contribution in [1.29, 1.82) is 0 Å². The van der Waals surface area contributed by atoms with Crippen molar-refractivity contribution < 1.29 is 9.59 Å². The van der Waals surface area contributed by atoms with Crippen molar-refractivity contribution in [2.75, 3.05) is 45.8 Å². The highest BCUT2D eigenvalue weighted by molar-refractivity contribution is 5.99. The Morgan fingerprint density at radius 2 is 1.42 bits per heavy atom. The van der Waals surface area contributed by atoms with Crippen LogP contribution in [0.2, 0.25) is 0 Å². The Bertz CT molecular complexity index is 1120. The van der Waals surface area contributed by atoms with Gasteiger partial charge in [-0.1, -0.05) is 56.3 Å². The van der Waals surface area contributed by atoms with Crippen LogP contribution < -0.4 is 5.43 Å². The number of hydrogen-bond donors (Lipinski definition) is 0. The van der Waals surface area contributed by atoms with Crippen LogP contribution in [0.4, 0.5) is 0 Å². The maximum Gasteiger partial charge on any atom is 0.259 e. The monoisotopic (exact) mass is 490 g/mol. The minimum absolute atomic E-state index is 0.107. The maximum absolute atomic E-state index is 13.5. The number of benzene rings is 1. The summed E-state index contributed by atoms with van der Waals surface area (Å²) >= 11 is 0. The largest absolute Gasteiger partial charge is 0.352 e. The number of amides is 2. The van der Waals surface area contributed by atoms with Gasteiger partial charge >= 0.3 is 0 Å². The lowest BCUT2D eigenvalue weighted by Crippen LogP contribution is -2.49. The fourth-order valence-electron chi connectivity index (χ4n) is 4.94. The van der Waals surface area contributed by atoms with Crippen molar-refractivity contribution in [3.8, 4) is 0 Å². The first kappa shape index (κ1) is 25.9. The smallest absolute Gasteiger partial charge is 0.259 e. The summed E-state index contributed by atoms with van der Waals surface area (Å²) in [5.74, 6) is -0.201. The van der Waals surface area contributed by atoms with E-state index in [1.165, 1.54) is 5.56 Å². The number of likely N-dealkylation sites (tertiary alicyclic amines) is 1. The van der Waals surface area contributed by atoms with Gasteiger partial charge in [0.15, 0.2) is 0 Å². The Morgan fingerprint density at radius 1 is 0.833 bits per heavy atom. The molecule has 0 radical (unpaired) electrons. The molecule has 4 rings (SSSR count). The standard InChI is InChI=1S/C29H38N4O3/c1-23(2)20-31-21-25(28(35)32-14-7-4-8-15-32)27(34)26(22-31)29(36)33-18-16-30(17-19-33)13-9-12-24-10-5-3-6-11-24/h3,5-6,9-12,21-23H,4,7-8,13-20H2,1-2H3. The molecule has 0 spiro atoms. The van der Waals surface area contributed by atoms with E-state index in [1.54, 1.807) is 22.2 Å². The number of pyridine rings is 1. The first-order valence-electron chi connectivity index (χ1n) is 13.2. The lowest BCUT2D eigenvalue weighted by molar-refractivity contribution is 0.0647. The van der Waals surface area contributed by atoms with E-state index in [-0.39, 0.29) is 22.9 Å². The second kappa shape index (κ2) is 12.2. The highest BCUT2D eigenvalue weighted by atomic mass is 16.2. The minimum atomic E-state index is -0.441. The van der Waals surface area contributed by atoms with Gasteiger partial charge < -0.3 is 14.4 Å². The summed E-state index contributed by atoms with van der Waals surface area (Å²) in [5.41, 5.74) is 0.954. The van der Waals surface area contributed by atoms with Gasteiger partial charge in [0, 0.05) is 64.8 Å². The van der Waals surface area contributed by atoms with Crippen LogP contribution in [-0.2, 0) is 6.54 Å². The van der Waals surface area contributed by atoms with Gasteiger partial charge in [-0.15, -0.1) is 0 Å². The lowest BCUT2D eigenvalue weighted by atomic mass is 10.1. The van der Waals surface area contributed by atoms with Crippen molar-refractivity contribution in [2.24, 2.45) is 5.92 Å². The summed E-state index contributed by atoms with van der Waals surface area (Å²) in [4.78, 5) is 45.9. The normalized spacial score (nSPS) is 17.2. The first-order valence-corrected chi connectivity index (χ1v) is 13.2. The van der Waals surface area contributed by atoms with Crippen molar-refractivity contribution >= 4 is 17.9 Å². The maximum atomic E-state index is 13.5. The van der Waals surface area contributed by atoms with Crippen LogP contribution in [-0.4, -0.2) is 76.9 Å². The Kier molecular flexibility index (Phi) is 8.75. The molecule has 0 unspecified atom stereocenters. The number of nitrogens with zero attached hydrogens (tertiary/aromatic N) is 4. The van der Waals surface area contributed by atoms with Crippen molar-refractivity contribution in [3.63, 3.8) is 0 Å². The molecule has 0 saturated carbocycles. The zero-order valence-electron chi connectivity index (χ0n) is 21.6. The van der Waals surface area contributed by atoms with Crippen molar-refractivity contribution in [1.82, 2.24) is 19.3 Å². The van der Waals surface area contributed by atoms with E-state index in [0.29, 0.717) is 38.6 Å². The molecule has 2 aromatic rings. The van der Waals surface area contributed by atoms with Gasteiger partial charge in [0.25, 0.3) is 11.8 Å². The summed E-state index contributed by atoms with van der Waals surface area (Å²) in [5, 5.41) is 0. The van der Waals surface area contributed by atoms with Crippen molar-refractivity contribution in [3.05, 3.63) is 75.7 Å². The molecule has 36 heavy (non-hydrogen) atoms. The van der Waals surface area contributed by atoms with Gasteiger partial charge in [-0.3, -0.25) is 19.3 Å². The number of piperidine rings is 1. The fraction of sp³-hybridized carbons (Fsp3) is 0.483. The molecule has 7 heteroatoms. The zero-order chi connectivity index (χ0) is 25.5. The van der Waals surface area contributed by atoms with Gasteiger partial charge in [0.2, 0.25) is 5.43 Å². The predicted molar refractivity (Wildman–Crippen MR) is 143 cm³/mol. The molecule has 0 atom stereocenters. The van der Waals surface area contributed by atoms with Gasteiger partial charge in [-0.25, -0.2) is 0 Å². The van der Waals surface area contributed by atoms with E-state index in [2.05, 4.69) is 43.0 Å². The average Bonchev–Trinajstić information content (AvgIpc) is 2.90. The first-order chi connectivity index (χ1) is 17.4. The summed E-state index contributed by atoms with van der Waals surface area (Å²) in [7, 11) is 0. The third kappa shape index (κ3) is 6.52. The van der Waals surface area contributed by atoms with Crippen LogP contribution in [0, 0.1) is 5.92 Å². The van der Waals surface area contributed by atoms with Crippen LogP contribution in [0.25, 0.3) is 6.08 Å². The molecule has 0 N–H and O–H groups in total. The summed E-state index contributed by atoms with van der Waals surface area (Å²) in [6, 6.07) is 10.2. The number of carbonyl (C=O) groups excluding carboxylic acids is 2. The van der Waals surface area contributed by atoms with E-state index in [0.717, 1.165) is 38.9 Å². The Labute approximate surface area is 214 Å². The number of piperazine rings is 1. The molecule has 1 aromatic carbocycles. The van der Waals surface area contributed by atoms with Crippen LogP contribution in [0.3, 0.4) is 0 Å². The molecule has 1 aromatic heterocycles. The molecular formula is C29H38N4O3. The highest BCUT2D eigenvalue weighted by Gasteiger charge is 2.28. The fourth-order valence-corrected chi connectivity index (χ4v) is 4.94. The van der Waals surface area contributed by atoms with Crippen LogP contribution in [0.5, 0.6) is 0 Å². The lowest BCUT2D eigenvalue weighted by Gasteiger charge is -2.34. The molecule has 2 aliphatic rings. The molecule has 2 amide bonds. The molecule has 2 fully saturated rings. The van der Waals surface area contributed by atoms with Crippen molar-refractivity contribution in [2.45, 2.75) is 39.7 Å². The van der Waals surface area contributed by atoms with E-state index in [4.69, 9.17) is 0 Å². The third-order valence-corrected chi connectivity index (χ3v) is 6.89. The Hall–Kier alpha value is -3.19. The molecular weight excluding hydrogens is 452 g/mol. The molecule has 3 heterocycles. The van der Waals surface area contributed by atoms with E-state index >= 15 is 0 Å². The molecule has 0 aliphatic carbocycles. The summed E-state index contributed by atoms with van der Waals surface area (Å²) in [6.45, 7) is 9.57. The molecule has 7 nitrogen and oxygen atoms in total. The molecule has 192 valence electrons. The van der Waals surface area contributed by atoms with Gasteiger partial charge in [0.05, 0.1) is 0 Å². The number of carbonyl (C=O) groups is 2. The van der Waals surface area contributed by atoms with E-state index in [9.17, 15) is 14.4 Å². The zero-order valence-corrected chi connectivity index (χ0v) is 21.6. The van der Waals surface area contributed by atoms with Crippen LogP contribution >= 0.6 is 0 Å². The topological polar surface area (TPSA) is 65.9 Å². The Morgan fingerprint density at radius 3 is 2.00 bits per heavy atom. The molecule has 2 saturated heterocycles. The SMILES string of the molecule is CC(C)Cn1cc(C(=O)N2CCCCC2)c(=O)c(C(=O)N2CCN(CC=Cc3ccccc3)CC2)c1. The van der Waals surface area contributed by atoms with E-state index in [1.807, 2.05) is 22.8 Å². The van der Waals surface area contributed by atoms with E-state index < -0.39 is 5.43 Å². The molecule has 0 bridgehead atoms. The summed E-state index contributed by atoms with van der Waals surface area (Å²) in [6.07, 6.45) is 10.6. The van der Waals surface area contributed by atoms with Gasteiger partial charge in [-0.05, 0) is 30.7 Å². The third-order valence-electron chi connectivity index (χ3n) is 6.89. The number of rotatable bonds is 7. The quantitative estimate of drug-likeness (QED) is 0.595. The minimum Gasteiger partial charge on any atom is -0.352 e. The van der Waals surface area contributed by atoms with Gasteiger partial charge in [0.1, 0.15) is 11.1 Å². The predicted octanol–water partition coefficient (Wildman–Crippen LogP) is 3.60. The Balaban J connectivity index is 1.46. The number of hydrogen-bond acceptors (Lipinski definition) is 4.